The minimum atomic E-state index is -0.329. The lowest BCUT2D eigenvalue weighted by molar-refractivity contribution is 0.666. The minimum Gasteiger partial charge on any atom is -0.454 e. The average molecular weight is 911 g/mol. The van der Waals surface area contributed by atoms with Gasteiger partial charge in [0.25, 0.3) is 0 Å². The molecule has 11 aromatic carbocycles. The van der Waals surface area contributed by atoms with E-state index in [1.807, 2.05) is 12.1 Å². The van der Waals surface area contributed by atoms with Crippen molar-refractivity contribution < 1.29 is 8.83 Å². The first-order chi connectivity index (χ1) is 35.0. The first-order valence-electron chi connectivity index (χ1n) is 24.4. The first kappa shape index (κ1) is 40.9. The van der Waals surface area contributed by atoms with Crippen molar-refractivity contribution >= 4 is 88.8 Å². The molecule has 0 N–H and O–H groups in total. The van der Waals surface area contributed by atoms with Gasteiger partial charge >= 0.3 is 0 Å². The summed E-state index contributed by atoms with van der Waals surface area (Å²) in [7, 11) is 0. The number of anilines is 6. The minimum absolute atomic E-state index is 0.329. The number of para-hydroxylation sites is 5. The smallest absolute Gasteiger partial charge is 0.159 e. The largest absolute Gasteiger partial charge is 0.454 e. The molecule has 0 saturated carbocycles. The summed E-state index contributed by atoms with van der Waals surface area (Å²) in [5.74, 6) is 0. The van der Waals surface area contributed by atoms with Gasteiger partial charge in [0.15, 0.2) is 11.2 Å². The number of rotatable bonds is 8. The van der Waals surface area contributed by atoms with Crippen LogP contribution in [0.15, 0.2) is 251 Å². The van der Waals surface area contributed by atoms with Crippen molar-refractivity contribution in [3.63, 3.8) is 0 Å². The van der Waals surface area contributed by atoms with Crippen molar-refractivity contribution in [2.45, 2.75) is 19.3 Å². The molecular weight excluding hydrogens is 865 g/mol. The number of hydrogen-bond acceptors (Lipinski definition) is 4. The van der Waals surface area contributed by atoms with Crippen LogP contribution in [0.1, 0.15) is 25.0 Å². The highest BCUT2D eigenvalue weighted by atomic mass is 16.3. The third-order valence-electron chi connectivity index (χ3n) is 14.8. The third-order valence-corrected chi connectivity index (χ3v) is 14.8. The Labute approximate surface area is 411 Å². The summed E-state index contributed by atoms with van der Waals surface area (Å²) in [6.07, 6.45) is 0. The van der Waals surface area contributed by atoms with Crippen LogP contribution in [0.4, 0.5) is 34.1 Å². The van der Waals surface area contributed by atoms with Gasteiger partial charge in [-0.25, -0.2) is 0 Å². The number of furan rings is 2. The van der Waals surface area contributed by atoms with Gasteiger partial charge in [0.1, 0.15) is 11.2 Å². The average Bonchev–Trinajstić information content (AvgIpc) is 4.08. The molecule has 1 aliphatic carbocycles. The van der Waals surface area contributed by atoms with Gasteiger partial charge in [-0.2, -0.15) is 0 Å². The maximum absolute atomic E-state index is 6.76. The summed E-state index contributed by atoms with van der Waals surface area (Å²) in [6, 6.07) is 87.2. The second-order valence-corrected chi connectivity index (χ2v) is 19.2. The lowest BCUT2D eigenvalue weighted by Crippen LogP contribution is -2.17. The van der Waals surface area contributed by atoms with Crippen molar-refractivity contribution in [1.29, 1.82) is 0 Å². The molecule has 4 heteroatoms. The van der Waals surface area contributed by atoms with Crippen molar-refractivity contribution in [1.82, 2.24) is 0 Å². The first-order valence-corrected chi connectivity index (χ1v) is 24.4. The van der Waals surface area contributed by atoms with Gasteiger partial charge in [-0.15, -0.1) is 0 Å². The molecule has 71 heavy (non-hydrogen) atoms. The van der Waals surface area contributed by atoms with E-state index in [4.69, 9.17) is 8.83 Å². The van der Waals surface area contributed by atoms with Crippen LogP contribution in [0.5, 0.6) is 0 Å². The van der Waals surface area contributed by atoms with E-state index in [9.17, 15) is 0 Å². The van der Waals surface area contributed by atoms with Crippen LogP contribution in [-0.2, 0) is 5.41 Å². The second-order valence-electron chi connectivity index (χ2n) is 19.2. The van der Waals surface area contributed by atoms with E-state index in [0.29, 0.717) is 0 Å². The van der Waals surface area contributed by atoms with Gasteiger partial charge in [-0.3, -0.25) is 0 Å². The molecule has 0 saturated heterocycles. The maximum Gasteiger partial charge on any atom is 0.159 e. The van der Waals surface area contributed by atoms with Gasteiger partial charge in [0.2, 0.25) is 0 Å². The molecule has 1 aliphatic rings. The number of fused-ring (bicyclic) bond motifs is 11. The van der Waals surface area contributed by atoms with Crippen LogP contribution in [-0.4, -0.2) is 0 Å². The predicted octanol–water partition coefficient (Wildman–Crippen LogP) is 19.2. The molecule has 4 nitrogen and oxygen atoms in total. The van der Waals surface area contributed by atoms with Crippen molar-refractivity contribution in [3.05, 3.63) is 254 Å². The van der Waals surface area contributed by atoms with E-state index in [0.717, 1.165) is 94.7 Å². The van der Waals surface area contributed by atoms with E-state index in [2.05, 4.69) is 254 Å². The molecule has 0 atom stereocenters. The number of nitrogens with zero attached hydrogens (tertiary/aromatic N) is 2. The monoisotopic (exact) mass is 910 g/mol. The van der Waals surface area contributed by atoms with E-state index in [1.54, 1.807) is 0 Å². The summed E-state index contributed by atoms with van der Waals surface area (Å²) in [4.78, 5) is 4.77. The van der Waals surface area contributed by atoms with Gasteiger partial charge in [-0.1, -0.05) is 190 Å². The van der Waals surface area contributed by atoms with Gasteiger partial charge < -0.3 is 18.6 Å². The maximum atomic E-state index is 6.76. The Balaban J connectivity index is 0.924. The molecule has 0 bridgehead atoms. The SMILES string of the molecule is CC1(C)c2cc(N(c3cccc(-c4ccccc4)c3)c3cccc4c3oc3ccccc34)ccc2-c2ccc3cc(N(c4ccccc4-c4ccccc4)c4cccc5c4oc4ccccc45)ccc3c21. The molecule has 0 fully saturated rings. The molecule has 13 aromatic rings. The molecule has 0 amide bonds. The molecule has 0 radical (unpaired) electrons. The summed E-state index contributed by atoms with van der Waals surface area (Å²) in [5.41, 5.74) is 19.1. The van der Waals surface area contributed by atoms with Crippen molar-refractivity contribution in [3.8, 4) is 33.4 Å². The fraction of sp³-hybridized carbons (Fsp3) is 0.0448. The van der Waals surface area contributed by atoms with Crippen LogP contribution < -0.4 is 9.80 Å². The highest BCUT2D eigenvalue weighted by Gasteiger charge is 2.38. The predicted molar refractivity (Wildman–Crippen MR) is 296 cm³/mol. The van der Waals surface area contributed by atoms with Crippen molar-refractivity contribution in [2.75, 3.05) is 9.80 Å². The molecule has 2 heterocycles. The standard InChI is InChI=1S/C67H46N2O2/c1-67(2)58-42-49(68(47-23-15-22-45(40-47)43-18-5-3-6-19-43)60-30-16-27-56-53-25-10-13-32-62(53)70-65(56)60)36-39-52(58)55-37-34-46-41-48(35-38-51(46)64(55)67)69(59-29-12-9-24-50(59)44-20-7-4-8-21-44)61-31-17-28-57-54-26-11-14-33-63(54)71-66(57)61/h3-42H,1-2H3. The molecular formula is C67H46N2O2. The van der Waals surface area contributed by atoms with Gasteiger partial charge in [-0.05, 0) is 116 Å². The highest BCUT2D eigenvalue weighted by molar-refractivity contribution is 6.12. The Morgan fingerprint density at radius 1 is 0.324 bits per heavy atom. The lowest BCUT2D eigenvalue weighted by atomic mass is 9.80. The third kappa shape index (κ3) is 6.45. The highest BCUT2D eigenvalue weighted by Crippen LogP contribution is 2.55. The normalized spacial score (nSPS) is 12.8. The van der Waals surface area contributed by atoms with E-state index in [-0.39, 0.29) is 5.41 Å². The van der Waals surface area contributed by atoms with Crippen LogP contribution in [0.2, 0.25) is 0 Å². The molecule has 0 aliphatic heterocycles. The van der Waals surface area contributed by atoms with Gasteiger partial charge in [0.05, 0.1) is 17.1 Å². The zero-order valence-corrected chi connectivity index (χ0v) is 39.3. The zero-order chi connectivity index (χ0) is 47.2. The fourth-order valence-corrected chi connectivity index (χ4v) is 11.5. The molecule has 336 valence electrons. The van der Waals surface area contributed by atoms with Crippen LogP contribution in [0.25, 0.3) is 88.0 Å². The van der Waals surface area contributed by atoms with Crippen molar-refractivity contribution in [2.24, 2.45) is 0 Å². The Bertz CT molecular complexity index is 4220. The fourth-order valence-electron chi connectivity index (χ4n) is 11.5. The Hall–Kier alpha value is -9.12. The Morgan fingerprint density at radius 2 is 0.845 bits per heavy atom. The topological polar surface area (TPSA) is 32.8 Å². The second kappa shape index (κ2) is 16.0. The summed E-state index contributed by atoms with van der Waals surface area (Å²) in [6.45, 7) is 4.78. The number of benzene rings is 11. The number of hydrogen-bond donors (Lipinski definition) is 0. The summed E-state index contributed by atoms with van der Waals surface area (Å²) >= 11 is 0. The Morgan fingerprint density at radius 3 is 1.56 bits per heavy atom. The summed E-state index contributed by atoms with van der Waals surface area (Å²) in [5, 5.41) is 6.82. The van der Waals surface area contributed by atoms with Crippen LogP contribution in [0.3, 0.4) is 0 Å². The van der Waals surface area contributed by atoms with E-state index >= 15 is 0 Å². The van der Waals surface area contributed by atoms with Crippen LogP contribution in [0, 0.1) is 0 Å². The van der Waals surface area contributed by atoms with Crippen LogP contribution >= 0.6 is 0 Å². The molecule has 2 aromatic heterocycles. The molecule has 0 spiro atoms. The van der Waals surface area contributed by atoms with Gasteiger partial charge in [0, 0.05) is 49.6 Å². The zero-order valence-electron chi connectivity index (χ0n) is 39.3. The Kier molecular flexibility index (Phi) is 9.21. The summed E-state index contributed by atoms with van der Waals surface area (Å²) < 4.78 is 13.5. The lowest BCUT2D eigenvalue weighted by Gasteiger charge is -2.29. The van der Waals surface area contributed by atoms with E-state index in [1.165, 1.54) is 38.6 Å². The van der Waals surface area contributed by atoms with E-state index < -0.39 is 0 Å². The molecule has 14 rings (SSSR count). The molecule has 0 unspecified atom stereocenters. The quantitative estimate of drug-likeness (QED) is 0.152.